The third-order valence-corrected chi connectivity index (χ3v) is 1.31. The van der Waals surface area contributed by atoms with Gasteiger partial charge in [0.1, 0.15) is 0 Å². The number of ether oxygens (including phenoxy) is 1. The van der Waals surface area contributed by atoms with Crippen LogP contribution in [0.25, 0.3) is 0 Å². The number of carbonyl (C=O) groups excluding carboxylic acids is 2. The molecule has 0 spiro atoms. The van der Waals surface area contributed by atoms with E-state index in [1.54, 1.807) is 27.9 Å². The fraction of sp³-hybridized carbons (Fsp3) is 0.750. The van der Waals surface area contributed by atoms with Crippen LogP contribution in [0.15, 0.2) is 0 Å². The molecular weight excluding hydrogens is 158 g/mol. The van der Waals surface area contributed by atoms with Crippen LogP contribution < -0.4 is 0 Å². The minimum atomic E-state index is -0.342. The maximum Gasteiger partial charge on any atom is 0.308 e. The molecule has 0 atom stereocenters. The van der Waals surface area contributed by atoms with E-state index >= 15 is 0 Å². The Hall–Kier alpha value is -1.06. The van der Waals surface area contributed by atoms with Crippen molar-refractivity contribution in [3.05, 3.63) is 0 Å². The average molecular weight is 173 g/mol. The highest BCUT2D eigenvalue weighted by Gasteiger charge is 2.11. The maximum atomic E-state index is 10.9. The van der Waals surface area contributed by atoms with E-state index < -0.39 is 0 Å². The number of carbonyl (C=O) groups is 2. The van der Waals surface area contributed by atoms with Crippen LogP contribution >= 0.6 is 0 Å². The summed E-state index contributed by atoms with van der Waals surface area (Å²) in [6.07, 6.45) is 0. The fourth-order valence-corrected chi connectivity index (χ4v) is 0.429. The highest BCUT2D eigenvalue weighted by molar-refractivity contribution is 5.80. The fourth-order valence-electron chi connectivity index (χ4n) is 0.429. The first-order chi connectivity index (χ1) is 5.45. The zero-order valence-corrected chi connectivity index (χ0v) is 7.96. The van der Waals surface area contributed by atoms with Crippen molar-refractivity contribution in [1.29, 1.82) is 0 Å². The van der Waals surface area contributed by atoms with Gasteiger partial charge in [-0.05, 0) is 0 Å². The van der Waals surface area contributed by atoms with Crippen LogP contribution in [0, 0.1) is 5.92 Å². The molecule has 0 aromatic heterocycles. The molecule has 0 unspecified atom stereocenters. The van der Waals surface area contributed by atoms with Gasteiger partial charge in [0.25, 0.3) is 5.91 Å². The molecule has 70 valence electrons. The minimum Gasteiger partial charge on any atom is -0.455 e. The Morgan fingerprint density at radius 1 is 1.33 bits per heavy atom. The molecule has 0 aromatic carbocycles. The van der Waals surface area contributed by atoms with Crippen molar-refractivity contribution in [2.75, 3.05) is 20.7 Å². The van der Waals surface area contributed by atoms with Crippen molar-refractivity contribution in [3.63, 3.8) is 0 Å². The van der Waals surface area contributed by atoms with Gasteiger partial charge in [-0.2, -0.15) is 0 Å². The van der Waals surface area contributed by atoms with E-state index in [0.29, 0.717) is 0 Å². The van der Waals surface area contributed by atoms with Crippen molar-refractivity contribution in [2.45, 2.75) is 13.8 Å². The first-order valence-corrected chi connectivity index (χ1v) is 3.82. The lowest BCUT2D eigenvalue weighted by atomic mass is 10.2. The molecule has 0 aromatic rings. The van der Waals surface area contributed by atoms with Gasteiger partial charge in [0.15, 0.2) is 6.61 Å². The van der Waals surface area contributed by atoms with E-state index in [1.165, 1.54) is 4.90 Å². The lowest BCUT2D eigenvalue weighted by molar-refractivity contribution is -0.153. The molecule has 0 aliphatic carbocycles. The molecule has 0 rings (SSSR count). The van der Waals surface area contributed by atoms with Crippen molar-refractivity contribution < 1.29 is 14.3 Å². The van der Waals surface area contributed by atoms with Crippen LogP contribution in [0.3, 0.4) is 0 Å². The van der Waals surface area contributed by atoms with Crippen LogP contribution in [0.5, 0.6) is 0 Å². The molecule has 0 N–H and O–H groups in total. The summed E-state index contributed by atoms with van der Waals surface area (Å²) in [4.78, 5) is 23.2. The first kappa shape index (κ1) is 10.9. The number of nitrogens with zero attached hydrogens (tertiary/aromatic N) is 1. The number of hydrogen-bond donors (Lipinski definition) is 0. The molecule has 0 aliphatic rings. The van der Waals surface area contributed by atoms with Crippen molar-refractivity contribution >= 4 is 11.9 Å². The average Bonchev–Trinajstić information content (AvgIpc) is 1.98. The SMILES string of the molecule is CC(C)C(=O)OCC(=O)N(C)C. The molecule has 0 bridgehead atoms. The second-order valence-corrected chi connectivity index (χ2v) is 3.05. The third kappa shape index (κ3) is 3.95. The van der Waals surface area contributed by atoms with Gasteiger partial charge >= 0.3 is 5.97 Å². The van der Waals surface area contributed by atoms with E-state index in [-0.39, 0.29) is 24.4 Å². The molecule has 12 heavy (non-hydrogen) atoms. The van der Waals surface area contributed by atoms with Crippen molar-refractivity contribution in [2.24, 2.45) is 5.92 Å². The third-order valence-electron chi connectivity index (χ3n) is 1.31. The van der Waals surface area contributed by atoms with Crippen LogP contribution in [0.2, 0.25) is 0 Å². The molecule has 4 nitrogen and oxygen atoms in total. The topological polar surface area (TPSA) is 46.6 Å². The zero-order valence-electron chi connectivity index (χ0n) is 7.96. The van der Waals surface area contributed by atoms with Crippen LogP contribution in [0.1, 0.15) is 13.8 Å². The van der Waals surface area contributed by atoms with Crippen molar-refractivity contribution in [3.8, 4) is 0 Å². The monoisotopic (exact) mass is 173 g/mol. The Kier molecular flexibility index (Phi) is 4.33. The summed E-state index contributed by atoms with van der Waals surface area (Å²) in [6.45, 7) is 3.29. The quantitative estimate of drug-likeness (QED) is 0.576. The van der Waals surface area contributed by atoms with E-state index in [4.69, 9.17) is 4.74 Å². The molecule has 0 saturated heterocycles. The molecule has 0 radical (unpaired) electrons. The highest BCUT2D eigenvalue weighted by atomic mass is 16.5. The van der Waals surface area contributed by atoms with Gasteiger partial charge in [-0.15, -0.1) is 0 Å². The van der Waals surface area contributed by atoms with Gasteiger partial charge < -0.3 is 9.64 Å². The normalized spacial score (nSPS) is 9.75. The number of hydrogen-bond acceptors (Lipinski definition) is 3. The van der Waals surface area contributed by atoms with Gasteiger partial charge in [0.05, 0.1) is 5.92 Å². The summed E-state index contributed by atoms with van der Waals surface area (Å²) in [5.41, 5.74) is 0. The van der Waals surface area contributed by atoms with Crippen LogP contribution in [-0.4, -0.2) is 37.5 Å². The molecule has 1 amide bonds. The van der Waals surface area contributed by atoms with Crippen LogP contribution in [-0.2, 0) is 14.3 Å². The summed E-state index contributed by atoms with van der Waals surface area (Å²) < 4.78 is 4.70. The maximum absolute atomic E-state index is 10.9. The smallest absolute Gasteiger partial charge is 0.308 e. The Balaban J connectivity index is 3.69. The lowest BCUT2D eigenvalue weighted by Gasteiger charge is -2.11. The highest BCUT2D eigenvalue weighted by Crippen LogP contribution is 1.95. The predicted molar refractivity (Wildman–Crippen MR) is 44.5 cm³/mol. The zero-order chi connectivity index (χ0) is 9.72. The number of esters is 1. The molecular formula is C8H15NO3. The first-order valence-electron chi connectivity index (χ1n) is 3.82. The van der Waals surface area contributed by atoms with Crippen LogP contribution in [0.4, 0.5) is 0 Å². The summed E-state index contributed by atoms with van der Waals surface area (Å²) in [5, 5.41) is 0. The van der Waals surface area contributed by atoms with Gasteiger partial charge in [-0.1, -0.05) is 13.8 Å². The molecule has 0 aliphatic heterocycles. The summed E-state index contributed by atoms with van der Waals surface area (Å²) in [6, 6.07) is 0. The van der Waals surface area contributed by atoms with E-state index in [2.05, 4.69) is 0 Å². The molecule has 4 heteroatoms. The summed E-state index contributed by atoms with van der Waals surface area (Å²) in [5.74, 6) is -0.728. The van der Waals surface area contributed by atoms with Gasteiger partial charge in [0.2, 0.25) is 0 Å². The Morgan fingerprint density at radius 3 is 2.17 bits per heavy atom. The number of rotatable bonds is 3. The van der Waals surface area contributed by atoms with E-state index in [9.17, 15) is 9.59 Å². The van der Waals surface area contributed by atoms with Gasteiger partial charge in [0, 0.05) is 14.1 Å². The van der Waals surface area contributed by atoms with Gasteiger partial charge in [-0.25, -0.2) is 0 Å². The molecule has 0 saturated carbocycles. The Labute approximate surface area is 72.5 Å². The largest absolute Gasteiger partial charge is 0.455 e. The van der Waals surface area contributed by atoms with E-state index in [1.807, 2.05) is 0 Å². The standard InChI is InChI=1S/C8H15NO3/c1-6(2)8(11)12-5-7(10)9(3)4/h6H,5H2,1-4H3. The van der Waals surface area contributed by atoms with Gasteiger partial charge in [-0.3, -0.25) is 9.59 Å². The predicted octanol–water partition coefficient (Wildman–Crippen LogP) is 0.274. The number of likely N-dealkylation sites (N-methyl/N-ethyl adjacent to an activating group) is 1. The second-order valence-electron chi connectivity index (χ2n) is 3.05. The molecule has 0 heterocycles. The summed E-state index contributed by atoms with van der Waals surface area (Å²) >= 11 is 0. The minimum absolute atomic E-state index is 0.163. The Morgan fingerprint density at radius 2 is 1.83 bits per heavy atom. The lowest BCUT2D eigenvalue weighted by Crippen LogP contribution is -2.28. The molecule has 0 fully saturated rings. The van der Waals surface area contributed by atoms with Crippen molar-refractivity contribution in [1.82, 2.24) is 4.90 Å². The number of amides is 1. The summed E-state index contributed by atoms with van der Waals surface area (Å²) in [7, 11) is 3.23. The Bertz CT molecular complexity index is 155. The second kappa shape index (κ2) is 4.74. The van der Waals surface area contributed by atoms with E-state index in [0.717, 1.165) is 0 Å².